The molecule has 1 aromatic heterocycles. The Balaban J connectivity index is 2.25. The van der Waals surface area contributed by atoms with E-state index in [1.54, 1.807) is 4.68 Å². The summed E-state index contributed by atoms with van der Waals surface area (Å²) < 4.78 is 1.73. The van der Waals surface area contributed by atoms with Crippen molar-refractivity contribution in [3.05, 3.63) is 41.2 Å². The van der Waals surface area contributed by atoms with Gasteiger partial charge in [0.25, 0.3) is 0 Å². The maximum absolute atomic E-state index is 10.5. The number of carboxylic acids is 1. The Labute approximate surface area is 105 Å². The number of nitrogens with zero attached hydrogens (tertiary/aromatic N) is 3. The van der Waals surface area contributed by atoms with Gasteiger partial charge in [0.2, 0.25) is 0 Å². The van der Waals surface area contributed by atoms with Crippen molar-refractivity contribution in [2.75, 3.05) is 0 Å². The number of aromatic nitrogens is 3. The summed E-state index contributed by atoms with van der Waals surface area (Å²) in [5.41, 5.74) is 3.74. The molecule has 18 heavy (non-hydrogen) atoms. The highest BCUT2D eigenvalue weighted by Crippen LogP contribution is 2.14. The van der Waals surface area contributed by atoms with Crippen LogP contribution in [0.25, 0.3) is 5.69 Å². The van der Waals surface area contributed by atoms with E-state index in [1.807, 2.05) is 38.1 Å². The summed E-state index contributed by atoms with van der Waals surface area (Å²) in [6.45, 7) is 3.92. The number of aliphatic carboxylic acids is 1. The summed E-state index contributed by atoms with van der Waals surface area (Å²) in [6.07, 6.45) is 0.487. The summed E-state index contributed by atoms with van der Waals surface area (Å²) in [7, 11) is 0. The fourth-order valence-corrected chi connectivity index (χ4v) is 1.75. The highest BCUT2D eigenvalue weighted by Gasteiger charge is 2.11. The van der Waals surface area contributed by atoms with E-state index in [1.165, 1.54) is 5.56 Å². The third kappa shape index (κ3) is 2.56. The van der Waals surface area contributed by atoms with Gasteiger partial charge in [0.15, 0.2) is 0 Å². The van der Waals surface area contributed by atoms with Gasteiger partial charge >= 0.3 is 5.97 Å². The molecule has 5 nitrogen and oxygen atoms in total. The summed E-state index contributed by atoms with van der Waals surface area (Å²) in [5, 5.41) is 16.8. The zero-order valence-corrected chi connectivity index (χ0v) is 10.4. The molecule has 0 bridgehead atoms. The minimum Gasteiger partial charge on any atom is -0.481 e. The molecule has 1 heterocycles. The van der Waals surface area contributed by atoms with Crippen LogP contribution in [0.15, 0.2) is 24.3 Å². The summed E-state index contributed by atoms with van der Waals surface area (Å²) >= 11 is 0. The van der Waals surface area contributed by atoms with Gasteiger partial charge in [0.05, 0.1) is 23.5 Å². The Morgan fingerprint density at radius 1 is 1.28 bits per heavy atom. The molecule has 0 aliphatic rings. The largest absolute Gasteiger partial charge is 0.481 e. The molecule has 5 heteroatoms. The molecule has 1 N–H and O–H groups in total. The molecule has 2 rings (SSSR count). The number of hydrogen-bond donors (Lipinski definition) is 1. The van der Waals surface area contributed by atoms with Gasteiger partial charge in [-0.15, -0.1) is 5.10 Å². The number of carboxylic acid groups (broad SMARTS) is 1. The molecule has 0 unspecified atom stereocenters. The molecule has 2 aromatic rings. The summed E-state index contributed by atoms with van der Waals surface area (Å²) in [6, 6.07) is 7.96. The van der Waals surface area contributed by atoms with Gasteiger partial charge in [-0.1, -0.05) is 22.9 Å². The van der Waals surface area contributed by atoms with Crippen molar-refractivity contribution < 1.29 is 9.90 Å². The second-order valence-corrected chi connectivity index (χ2v) is 4.26. The number of aryl methyl sites for hydroxylation is 2. The van der Waals surface area contributed by atoms with Gasteiger partial charge in [-0.3, -0.25) is 4.79 Å². The fraction of sp³-hybridized carbons (Fsp3) is 0.308. The first-order chi connectivity index (χ1) is 8.58. The van der Waals surface area contributed by atoms with Crippen molar-refractivity contribution >= 4 is 5.97 Å². The number of rotatable bonds is 4. The summed E-state index contributed by atoms with van der Waals surface area (Å²) in [5.74, 6) is -0.820. The van der Waals surface area contributed by atoms with E-state index in [0.29, 0.717) is 6.42 Å². The fourth-order valence-electron chi connectivity index (χ4n) is 1.75. The standard InChI is InChI=1S/C13H15N3O2/c1-9-3-5-11(6-4-9)16-10(2)12(14-15-16)7-8-13(17)18/h3-6H,7-8H2,1-2H3,(H,17,18). The van der Waals surface area contributed by atoms with Crippen LogP contribution in [0, 0.1) is 13.8 Å². The Morgan fingerprint density at radius 3 is 2.56 bits per heavy atom. The SMILES string of the molecule is Cc1ccc(-n2nnc(CCC(=O)O)c2C)cc1. The first-order valence-electron chi connectivity index (χ1n) is 5.78. The van der Waals surface area contributed by atoms with Gasteiger partial charge in [-0.05, 0) is 26.0 Å². The smallest absolute Gasteiger partial charge is 0.303 e. The van der Waals surface area contributed by atoms with E-state index in [9.17, 15) is 4.79 Å². The number of carbonyl (C=O) groups is 1. The molecule has 1 aromatic carbocycles. The molecule has 0 atom stereocenters. The highest BCUT2D eigenvalue weighted by atomic mass is 16.4. The molecule has 0 aliphatic heterocycles. The zero-order chi connectivity index (χ0) is 13.1. The van der Waals surface area contributed by atoms with Gasteiger partial charge in [0, 0.05) is 6.42 Å². The third-order valence-electron chi connectivity index (χ3n) is 2.84. The van der Waals surface area contributed by atoms with Crippen molar-refractivity contribution in [3.63, 3.8) is 0 Å². The van der Waals surface area contributed by atoms with Crippen LogP contribution < -0.4 is 0 Å². The van der Waals surface area contributed by atoms with Crippen molar-refractivity contribution in [2.45, 2.75) is 26.7 Å². The minimum atomic E-state index is -0.820. The molecule has 94 valence electrons. The second-order valence-electron chi connectivity index (χ2n) is 4.26. The van der Waals surface area contributed by atoms with Crippen molar-refractivity contribution in [1.29, 1.82) is 0 Å². The maximum atomic E-state index is 10.5. The van der Waals surface area contributed by atoms with Crippen LogP contribution in [0.4, 0.5) is 0 Å². The monoisotopic (exact) mass is 245 g/mol. The summed E-state index contributed by atoms with van der Waals surface area (Å²) in [4.78, 5) is 10.5. The molecule has 0 aliphatic carbocycles. The van der Waals surface area contributed by atoms with Gasteiger partial charge in [-0.25, -0.2) is 4.68 Å². The van der Waals surface area contributed by atoms with E-state index in [-0.39, 0.29) is 6.42 Å². The van der Waals surface area contributed by atoms with Crippen LogP contribution in [0.2, 0.25) is 0 Å². The number of benzene rings is 1. The highest BCUT2D eigenvalue weighted by molar-refractivity contribution is 5.67. The van der Waals surface area contributed by atoms with Crippen molar-refractivity contribution in [3.8, 4) is 5.69 Å². The molecular formula is C13H15N3O2. The molecule has 0 spiro atoms. The van der Waals surface area contributed by atoms with Crippen LogP contribution >= 0.6 is 0 Å². The van der Waals surface area contributed by atoms with Crippen LogP contribution in [0.1, 0.15) is 23.4 Å². The van der Waals surface area contributed by atoms with E-state index in [0.717, 1.165) is 17.1 Å². The molecule has 0 saturated heterocycles. The van der Waals surface area contributed by atoms with E-state index in [2.05, 4.69) is 10.3 Å². The molecule has 0 radical (unpaired) electrons. The zero-order valence-electron chi connectivity index (χ0n) is 10.4. The van der Waals surface area contributed by atoms with Crippen LogP contribution in [0.3, 0.4) is 0 Å². The lowest BCUT2D eigenvalue weighted by Gasteiger charge is -2.03. The average Bonchev–Trinajstić information content (AvgIpc) is 2.69. The van der Waals surface area contributed by atoms with Crippen LogP contribution in [-0.2, 0) is 11.2 Å². The minimum absolute atomic E-state index is 0.0768. The maximum Gasteiger partial charge on any atom is 0.303 e. The second kappa shape index (κ2) is 5.00. The predicted octanol–water partition coefficient (Wildman–Crippen LogP) is 1.90. The first kappa shape index (κ1) is 12.3. The Hall–Kier alpha value is -2.17. The van der Waals surface area contributed by atoms with E-state index in [4.69, 9.17) is 5.11 Å². The number of hydrogen-bond acceptors (Lipinski definition) is 3. The lowest BCUT2D eigenvalue weighted by atomic mass is 10.2. The third-order valence-corrected chi connectivity index (χ3v) is 2.84. The van der Waals surface area contributed by atoms with Gasteiger partial charge in [0.1, 0.15) is 0 Å². The Kier molecular flexibility index (Phi) is 3.41. The van der Waals surface area contributed by atoms with Crippen molar-refractivity contribution in [1.82, 2.24) is 15.0 Å². The van der Waals surface area contributed by atoms with E-state index < -0.39 is 5.97 Å². The normalized spacial score (nSPS) is 10.6. The average molecular weight is 245 g/mol. The molecule has 0 fully saturated rings. The van der Waals surface area contributed by atoms with Crippen LogP contribution in [0.5, 0.6) is 0 Å². The van der Waals surface area contributed by atoms with Crippen LogP contribution in [-0.4, -0.2) is 26.1 Å². The lowest BCUT2D eigenvalue weighted by molar-refractivity contribution is -0.136. The molecule has 0 saturated carbocycles. The topological polar surface area (TPSA) is 68.0 Å². The van der Waals surface area contributed by atoms with Gasteiger partial charge in [-0.2, -0.15) is 0 Å². The lowest BCUT2D eigenvalue weighted by Crippen LogP contribution is -2.01. The molecular weight excluding hydrogens is 230 g/mol. The van der Waals surface area contributed by atoms with Crippen molar-refractivity contribution in [2.24, 2.45) is 0 Å². The van der Waals surface area contributed by atoms with Gasteiger partial charge < -0.3 is 5.11 Å². The first-order valence-corrected chi connectivity index (χ1v) is 5.78. The Morgan fingerprint density at radius 2 is 1.94 bits per heavy atom. The van der Waals surface area contributed by atoms with E-state index >= 15 is 0 Å². The Bertz CT molecular complexity index is 558. The predicted molar refractivity (Wildman–Crippen MR) is 66.8 cm³/mol. The quantitative estimate of drug-likeness (QED) is 0.893. The molecule has 0 amide bonds.